The van der Waals surface area contributed by atoms with Crippen LogP contribution in [0.5, 0.6) is 11.5 Å². The Morgan fingerprint density at radius 1 is 1.03 bits per heavy atom. The van der Waals surface area contributed by atoms with Crippen molar-refractivity contribution in [1.82, 2.24) is 10.2 Å². The predicted molar refractivity (Wildman–Crippen MR) is 111 cm³/mol. The van der Waals surface area contributed by atoms with E-state index in [1.807, 2.05) is 19.1 Å². The first kappa shape index (κ1) is 21.6. The number of piperidine rings is 1. The molecule has 1 aliphatic heterocycles. The van der Waals surface area contributed by atoms with E-state index in [-0.39, 0.29) is 36.7 Å². The maximum atomic E-state index is 13.0. The lowest BCUT2D eigenvalue weighted by molar-refractivity contribution is -0.131. The molecule has 3 rings (SSSR count). The lowest BCUT2D eigenvalue weighted by atomic mass is 10.0. The Bertz CT molecular complexity index is 849. The fourth-order valence-electron chi connectivity index (χ4n) is 3.42. The van der Waals surface area contributed by atoms with Gasteiger partial charge in [-0.3, -0.25) is 9.59 Å². The van der Waals surface area contributed by atoms with Crippen LogP contribution in [0.15, 0.2) is 48.5 Å². The summed E-state index contributed by atoms with van der Waals surface area (Å²) in [6.45, 7) is 3.48. The number of carbonyl (C=O) groups excluding carboxylic acids is 2. The number of para-hydroxylation sites is 2. The third-order valence-electron chi connectivity index (χ3n) is 4.99. The predicted octanol–water partition coefficient (Wildman–Crippen LogP) is 2.95. The number of nitrogens with one attached hydrogen (secondary N) is 1. The third kappa shape index (κ3) is 6.20. The summed E-state index contributed by atoms with van der Waals surface area (Å²) in [5.41, 5.74) is 0.793. The van der Waals surface area contributed by atoms with E-state index >= 15 is 0 Å². The van der Waals surface area contributed by atoms with Crippen molar-refractivity contribution in [3.63, 3.8) is 0 Å². The second-order valence-electron chi connectivity index (χ2n) is 7.19. The van der Waals surface area contributed by atoms with Gasteiger partial charge in [0.2, 0.25) is 5.91 Å². The molecule has 1 saturated heterocycles. The summed E-state index contributed by atoms with van der Waals surface area (Å²) >= 11 is 0. The van der Waals surface area contributed by atoms with E-state index < -0.39 is 0 Å². The number of nitrogens with zero attached hydrogens (tertiary/aromatic N) is 1. The van der Waals surface area contributed by atoms with Gasteiger partial charge in [-0.1, -0.05) is 24.3 Å². The molecule has 2 aromatic carbocycles. The van der Waals surface area contributed by atoms with Gasteiger partial charge in [0.05, 0.1) is 13.0 Å². The largest absolute Gasteiger partial charge is 0.490 e. The summed E-state index contributed by atoms with van der Waals surface area (Å²) in [6.07, 6.45) is 1.64. The number of benzene rings is 2. The van der Waals surface area contributed by atoms with Gasteiger partial charge in [0.25, 0.3) is 5.91 Å². The van der Waals surface area contributed by atoms with E-state index in [4.69, 9.17) is 9.47 Å². The smallest absolute Gasteiger partial charge is 0.258 e. The number of hydrogen-bond acceptors (Lipinski definition) is 4. The average Bonchev–Trinajstić information content (AvgIpc) is 2.75. The van der Waals surface area contributed by atoms with Crippen molar-refractivity contribution in [3.8, 4) is 11.5 Å². The molecule has 0 radical (unpaired) electrons. The Morgan fingerprint density at radius 3 is 2.30 bits per heavy atom. The average molecular weight is 414 g/mol. The molecule has 1 N–H and O–H groups in total. The lowest BCUT2D eigenvalue weighted by Crippen LogP contribution is -2.47. The molecule has 7 heteroatoms. The SMILES string of the molecule is CCOc1ccccc1OCC(=O)NC1CCN(C(=O)Cc2ccc(F)cc2)CC1. The van der Waals surface area contributed by atoms with Crippen LogP contribution in [0, 0.1) is 5.82 Å². The van der Waals surface area contributed by atoms with Gasteiger partial charge in [0, 0.05) is 19.1 Å². The molecule has 2 aromatic rings. The van der Waals surface area contributed by atoms with Gasteiger partial charge in [0.15, 0.2) is 18.1 Å². The Hall–Kier alpha value is -3.09. The van der Waals surface area contributed by atoms with Gasteiger partial charge in [0.1, 0.15) is 5.82 Å². The molecule has 30 heavy (non-hydrogen) atoms. The van der Waals surface area contributed by atoms with Crippen molar-refractivity contribution in [2.24, 2.45) is 0 Å². The minimum Gasteiger partial charge on any atom is -0.490 e. The van der Waals surface area contributed by atoms with Crippen LogP contribution < -0.4 is 14.8 Å². The van der Waals surface area contributed by atoms with Crippen molar-refractivity contribution in [2.75, 3.05) is 26.3 Å². The molecular weight excluding hydrogens is 387 g/mol. The zero-order chi connectivity index (χ0) is 21.3. The maximum Gasteiger partial charge on any atom is 0.258 e. The summed E-state index contributed by atoms with van der Waals surface area (Å²) in [5.74, 6) is 0.657. The molecule has 0 saturated carbocycles. The number of likely N-dealkylation sites (tertiary alicyclic amines) is 1. The highest BCUT2D eigenvalue weighted by molar-refractivity contribution is 5.79. The number of halogens is 1. The van der Waals surface area contributed by atoms with Gasteiger partial charge in [-0.2, -0.15) is 0 Å². The standard InChI is InChI=1S/C23H27FN2O4/c1-2-29-20-5-3-4-6-21(20)30-16-22(27)25-19-11-13-26(14-12-19)23(28)15-17-7-9-18(24)10-8-17/h3-10,19H,2,11-16H2,1H3,(H,25,27). The van der Waals surface area contributed by atoms with Crippen LogP contribution in [0.1, 0.15) is 25.3 Å². The van der Waals surface area contributed by atoms with Crippen molar-refractivity contribution in [3.05, 3.63) is 59.9 Å². The van der Waals surface area contributed by atoms with Crippen LogP contribution in [0.3, 0.4) is 0 Å². The normalized spacial score (nSPS) is 14.3. The number of hydrogen-bond donors (Lipinski definition) is 1. The highest BCUT2D eigenvalue weighted by Crippen LogP contribution is 2.26. The van der Waals surface area contributed by atoms with E-state index in [2.05, 4.69) is 5.32 Å². The van der Waals surface area contributed by atoms with Crippen molar-refractivity contribution < 1.29 is 23.5 Å². The quantitative estimate of drug-likeness (QED) is 0.721. The summed E-state index contributed by atoms with van der Waals surface area (Å²) in [4.78, 5) is 26.5. The maximum absolute atomic E-state index is 13.0. The first-order chi connectivity index (χ1) is 14.5. The third-order valence-corrected chi connectivity index (χ3v) is 4.99. The minimum atomic E-state index is -0.312. The molecule has 0 unspecified atom stereocenters. The Balaban J connectivity index is 1.40. The minimum absolute atomic E-state index is 0.0121. The molecule has 0 bridgehead atoms. The van der Waals surface area contributed by atoms with Crippen LogP contribution in [0.4, 0.5) is 4.39 Å². The molecule has 1 fully saturated rings. The van der Waals surface area contributed by atoms with E-state index in [1.165, 1.54) is 12.1 Å². The van der Waals surface area contributed by atoms with Crippen LogP contribution >= 0.6 is 0 Å². The van der Waals surface area contributed by atoms with Crippen LogP contribution in [-0.2, 0) is 16.0 Å². The first-order valence-electron chi connectivity index (χ1n) is 10.2. The van der Waals surface area contributed by atoms with Gasteiger partial charge < -0.3 is 19.7 Å². The van der Waals surface area contributed by atoms with Crippen LogP contribution in [-0.4, -0.2) is 49.1 Å². The van der Waals surface area contributed by atoms with E-state index in [0.29, 0.717) is 44.0 Å². The summed E-state index contributed by atoms with van der Waals surface area (Å²) < 4.78 is 24.1. The second kappa shape index (κ2) is 10.6. The monoisotopic (exact) mass is 414 g/mol. The van der Waals surface area contributed by atoms with Gasteiger partial charge >= 0.3 is 0 Å². The summed E-state index contributed by atoms with van der Waals surface area (Å²) in [5, 5.41) is 2.97. The zero-order valence-electron chi connectivity index (χ0n) is 17.1. The zero-order valence-corrected chi connectivity index (χ0v) is 17.1. The highest BCUT2D eigenvalue weighted by atomic mass is 19.1. The molecule has 6 nitrogen and oxygen atoms in total. The van der Waals surface area contributed by atoms with E-state index in [1.54, 1.807) is 29.2 Å². The summed E-state index contributed by atoms with van der Waals surface area (Å²) in [6, 6.07) is 13.2. The Kier molecular flexibility index (Phi) is 7.65. The fraction of sp³-hybridized carbons (Fsp3) is 0.391. The molecule has 1 heterocycles. The Labute approximate surface area is 176 Å². The van der Waals surface area contributed by atoms with Crippen molar-refractivity contribution in [2.45, 2.75) is 32.2 Å². The van der Waals surface area contributed by atoms with Crippen LogP contribution in [0.2, 0.25) is 0 Å². The van der Waals surface area contributed by atoms with E-state index in [9.17, 15) is 14.0 Å². The number of amides is 2. The number of rotatable bonds is 8. The highest BCUT2D eigenvalue weighted by Gasteiger charge is 2.24. The molecule has 0 spiro atoms. The van der Waals surface area contributed by atoms with Crippen molar-refractivity contribution >= 4 is 11.8 Å². The topological polar surface area (TPSA) is 67.9 Å². The van der Waals surface area contributed by atoms with Gasteiger partial charge in [-0.05, 0) is 49.6 Å². The lowest BCUT2D eigenvalue weighted by Gasteiger charge is -2.32. The molecule has 160 valence electrons. The number of carbonyl (C=O) groups is 2. The van der Waals surface area contributed by atoms with E-state index in [0.717, 1.165) is 5.56 Å². The van der Waals surface area contributed by atoms with Gasteiger partial charge in [-0.15, -0.1) is 0 Å². The molecule has 2 amide bonds. The molecule has 0 atom stereocenters. The van der Waals surface area contributed by atoms with Crippen molar-refractivity contribution in [1.29, 1.82) is 0 Å². The Morgan fingerprint density at radius 2 is 1.67 bits per heavy atom. The van der Waals surface area contributed by atoms with Crippen LogP contribution in [0.25, 0.3) is 0 Å². The first-order valence-corrected chi connectivity index (χ1v) is 10.2. The fourth-order valence-corrected chi connectivity index (χ4v) is 3.42. The van der Waals surface area contributed by atoms with Gasteiger partial charge in [-0.25, -0.2) is 4.39 Å². The summed E-state index contributed by atoms with van der Waals surface area (Å²) in [7, 11) is 0. The second-order valence-corrected chi connectivity index (χ2v) is 7.19. The molecule has 0 aromatic heterocycles. The molecular formula is C23H27FN2O4. The molecule has 0 aliphatic carbocycles. The molecule has 1 aliphatic rings. The number of ether oxygens (including phenoxy) is 2.